The van der Waals surface area contributed by atoms with E-state index in [4.69, 9.17) is 4.74 Å². The van der Waals surface area contributed by atoms with Crippen molar-refractivity contribution in [3.63, 3.8) is 0 Å². The third-order valence-electron chi connectivity index (χ3n) is 3.58. The molecular weight excluding hydrogens is 252 g/mol. The summed E-state index contributed by atoms with van der Waals surface area (Å²) in [4.78, 5) is 14.0. The normalized spacial score (nSPS) is 18.6. The molecule has 1 N–H and O–H groups in total. The Kier molecular flexibility index (Phi) is 5.41. The largest absolute Gasteiger partial charge is 0.445 e. The fourth-order valence-electron chi connectivity index (χ4n) is 2.46. The standard InChI is InChI=1S/C16H24N2O2/c1-13(2)17-11-15-9-6-10-18(15)16(19)20-12-14-7-4-3-5-8-14/h3-5,7-8,13,15,17H,6,9-12H2,1-2H3. The SMILES string of the molecule is CC(C)NCC1CCCN1C(=O)OCc1ccccc1. The first-order valence-corrected chi connectivity index (χ1v) is 7.37. The molecule has 1 aliphatic rings. The Balaban J connectivity index is 1.81. The highest BCUT2D eigenvalue weighted by Gasteiger charge is 2.29. The van der Waals surface area contributed by atoms with Crippen LogP contribution in [0.25, 0.3) is 0 Å². The van der Waals surface area contributed by atoms with Gasteiger partial charge in [0, 0.05) is 25.2 Å². The predicted molar refractivity (Wildman–Crippen MR) is 79.5 cm³/mol. The minimum Gasteiger partial charge on any atom is -0.445 e. The van der Waals surface area contributed by atoms with Crippen molar-refractivity contribution >= 4 is 6.09 Å². The van der Waals surface area contributed by atoms with Crippen molar-refractivity contribution in [1.82, 2.24) is 10.2 Å². The van der Waals surface area contributed by atoms with Crippen LogP contribution in [0.1, 0.15) is 32.3 Å². The van der Waals surface area contributed by atoms with Crippen LogP contribution in [-0.2, 0) is 11.3 Å². The van der Waals surface area contributed by atoms with Crippen molar-refractivity contribution in [2.75, 3.05) is 13.1 Å². The Labute approximate surface area is 121 Å². The summed E-state index contributed by atoms with van der Waals surface area (Å²) in [6.45, 7) is 6.23. The Morgan fingerprint density at radius 3 is 2.85 bits per heavy atom. The number of nitrogens with one attached hydrogen (secondary N) is 1. The van der Waals surface area contributed by atoms with E-state index < -0.39 is 0 Å². The molecule has 4 nitrogen and oxygen atoms in total. The van der Waals surface area contributed by atoms with Crippen LogP contribution >= 0.6 is 0 Å². The highest BCUT2D eigenvalue weighted by atomic mass is 16.6. The zero-order chi connectivity index (χ0) is 14.4. The molecular formula is C16H24N2O2. The molecule has 1 atom stereocenters. The van der Waals surface area contributed by atoms with Crippen molar-refractivity contribution in [3.05, 3.63) is 35.9 Å². The summed E-state index contributed by atoms with van der Waals surface area (Å²) in [5.74, 6) is 0. The molecule has 1 aromatic rings. The topological polar surface area (TPSA) is 41.6 Å². The van der Waals surface area contributed by atoms with Crippen molar-refractivity contribution in [1.29, 1.82) is 0 Å². The van der Waals surface area contributed by atoms with E-state index in [2.05, 4.69) is 19.2 Å². The summed E-state index contributed by atoms with van der Waals surface area (Å²) in [6, 6.07) is 10.5. The van der Waals surface area contributed by atoms with Gasteiger partial charge in [-0.25, -0.2) is 4.79 Å². The van der Waals surface area contributed by atoms with E-state index in [0.717, 1.165) is 31.5 Å². The molecule has 110 valence electrons. The molecule has 1 fully saturated rings. The van der Waals surface area contributed by atoms with Crippen LogP contribution in [0.5, 0.6) is 0 Å². The summed E-state index contributed by atoms with van der Waals surface area (Å²) in [7, 11) is 0. The third-order valence-corrected chi connectivity index (χ3v) is 3.58. The maximum absolute atomic E-state index is 12.1. The molecule has 4 heteroatoms. The molecule has 1 unspecified atom stereocenters. The van der Waals surface area contributed by atoms with Crippen molar-refractivity contribution in [3.8, 4) is 0 Å². The van der Waals surface area contributed by atoms with Gasteiger partial charge in [-0.1, -0.05) is 44.2 Å². The lowest BCUT2D eigenvalue weighted by molar-refractivity contribution is 0.0916. The Morgan fingerprint density at radius 2 is 2.15 bits per heavy atom. The first-order chi connectivity index (χ1) is 9.66. The van der Waals surface area contributed by atoms with Crippen LogP contribution in [0, 0.1) is 0 Å². The van der Waals surface area contributed by atoms with Crippen LogP contribution < -0.4 is 5.32 Å². The Morgan fingerprint density at radius 1 is 1.40 bits per heavy atom. The fraction of sp³-hybridized carbons (Fsp3) is 0.562. The molecule has 1 aromatic carbocycles. The summed E-state index contributed by atoms with van der Waals surface area (Å²) >= 11 is 0. The van der Waals surface area contributed by atoms with Gasteiger partial charge in [-0.3, -0.25) is 0 Å². The third kappa shape index (κ3) is 4.23. The molecule has 1 aliphatic heterocycles. The number of carbonyl (C=O) groups excluding carboxylic acids is 1. The van der Waals surface area contributed by atoms with Gasteiger partial charge < -0.3 is 15.0 Å². The van der Waals surface area contributed by atoms with E-state index in [9.17, 15) is 4.79 Å². The molecule has 2 rings (SSSR count). The number of amides is 1. The molecule has 1 heterocycles. The molecule has 0 aromatic heterocycles. The first kappa shape index (κ1) is 14.9. The zero-order valence-corrected chi connectivity index (χ0v) is 12.3. The second-order valence-corrected chi connectivity index (χ2v) is 5.59. The molecule has 20 heavy (non-hydrogen) atoms. The predicted octanol–water partition coefficient (Wildman–Crippen LogP) is 2.79. The van der Waals surface area contributed by atoms with Crippen LogP contribution in [0.2, 0.25) is 0 Å². The van der Waals surface area contributed by atoms with Gasteiger partial charge in [0.15, 0.2) is 0 Å². The molecule has 0 radical (unpaired) electrons. The molecule has 0 bridgehead atoms. The van der Waals surface area contributed by atoms with Crippen LogP contribution in [0.4, 0.5) is 4.79 Å². The minimum absolute atomic E-state index is 0.193. The average molecular weight is 276 g/mol. The number of ether oxygens (including phenoxy) is 1. The van der Waals surface area contributed by atoms with Crippen LogP contribution in [-0.4, -0.2) is 36.2 Å². The van der Waals surface area contributed by atoms with Gasteiger partial charge in [0.2, 0.25) is 0 Å². The van der Waals surface area contributed by atoms with Gasteiger partial charge in [-0.05, 0) is 18.4 Å². The lowest BCUT2D eigenvalue weighted by Gasteiger charge is -2.25. The van der Waals surface area contributed by atoms with E-state index in [-0.39, 0.29) is 12.1 Å². The quantitative estimate of drug-likeness (QED) is 0.899. The van der Waals surface area contributed by atoms with Gasteiger partial charge in [-0.15, -0.1) is 0 Å². The number of carbonyl (C=O) groups is 1. The van der Waals surface area contributed by atoms with Gasteiger partial charge in [-0.2, -0.15) is 0 Å². The lowest BCUT2D eigenvalue weighted by atomic mass is 10.2. The highest BCUT2D eigenvalue weighted by Crippen LogP contribution is 2.18. The van der Waals surface area contributed by atoms with E-state index in [0.29, 0.717) is 12.6 Å². The second kappa shape index (κ2) is 7.29. The fourth-order valence-corrected chi connectivity index (χ4v) is 2.46. The first-order valence-electron chi connectivity index (χ1n) is 7.37. The number of hydrogen-bond acceptors (Lipinski definition) is 3. The number of benzene rings is 1. The monoisotopic (exact) mass is 276 g/mol. The van der Waals surface area contributed by atoms with Gasteiger partial charge in [0.25, 0.3) is 0 Å². The van der Waals surface area contributed by atoms with Crippen molar-refractivity contribution in [2.45, 2.75) is 45.4 Å². The van der Waals surface area contributed by atoms with Crippen LogP contribution in [0.3, 0.4) is 0 Å². The summed E-state index contributed by atoms with van der Waals surface area (Å²) < 4.78 is 5.41. The van der Waals surface area contributed by atoms with Crippen LogP contribution in [0.15, 0.2) is 30.3 Å². The zero-order valence-electron chi connectivity index (χ0n) is 12.3. The van der Waals surface area contributed by atoms with E-state index in [1.54, 1.807) is 0 Å². The highest BCUT2D eigenvalue weighted by molar-refractivity contribution is 5.68. The van der Waals surface area contributed by atoms with E-state index >= 15 is 0 Å². The summed E-state index contributed by atoms with van der Waals surface area (Å²) in [6.07, 6.45) is 1.92. The summed E-state index contributed by atoms with van der Waals surface area (Å²) in [5, 5.41) is 3.40. The number of likely N-dealkylation sites (tertiary alicyclic amines) is 1. The Bertz CT molecular complexity index is 420. The average Bonchev–Trinajstić information content (AvgIpc) is 2.92. The van der Waals surface area contributed by atoms with Gasteiger partial charge >= 0.3 is 6.09 Å². The molecule has 1 amide bonds. The number of nitrogens with zero attached hydrogens (tertiary/aromatic N) is 1. The number of hydrogen-bond donors (Lipinski definition) is 1. The second-order valence-electron chi connectivity index (χ2n) is 5.59. The molecule has 0 aliphatic carbocycles. The van der Waals surface area contributed by atoms with Crippen molar-refractivity contribution < 1.29 is 9.53 Å². The smallest absolute Gasteiger partial charge is 0.410 e. The van der Waals surface area contributed by atoms with Gasteiger partial charge in [0.05, 0.1) is 0 Å². The molecule has 0 spiro atoms. The maximum atomic E-state index is 12.1. The molecule has 1 saturated heterocycles. The van der Waals surface area contributed by atoms with E-state index in [1.807, 2.05) is 35.2 Å². The minimum atomic E-state index is -0.193. The molecule has 0 saturated carbocycles. The maximum Gasteiger partial charge on any atom is 0.410 e. The number of rotatable bonds is 5. The van der Waals surface area contributed by atoms with Gasteiger partial charge in [0.1, 0.15) is 6.61 Å². The summed E-state index contributed by atoms with van der Waals surface area (Å²) in [5.41, 5.74) is 1.02. The Hall–Kier alpha value is -1.55. The lowest BCUT2D eigenvalue weighted by Crippen LogP contribution is -2.43. The van der Waals surface area contributed by atoms with E-state index in [1.165, 1.54) is 0 Å². The van der Waals surface area contributed by atoms with Crippen molar-refractivity contribution in [2.24, 2.45) is 0 Å².